The van der Waals surface area contributed by atoms with Gasteiger partial charge in [-0.25, -0.2) is 9.97 Å². The van der Waals surface area contributed by atoms with Crippen LogP contribution in [0.4, 0.5) is 5.69 Å². The minimum Gasteiger partial charge on any atom is -0.493 e. The maximum atomic E-state index is 12.5. The summed E-state index contributed by atoms with van der Waals surface area (Å²) in [6, 6.07) is 16.2. The highest BCUT2D eigenvalue weighted by Gasteiger charge is 2.25. The predicted molar refractivity (Wildman–Crippen MR) is 135 cm³/mol. The Morgan fingerprint density at radius 1 is 1.09 bits per heavy atom. The number of benzene rings is 2. The molecule has 1 aliphatic heterocycles. The second-order valence-electron chi connectivity index (χ2n) is 9.51. The minimum atomic E-state index is -0.176. The number of aromatic nitrogens is 2. The number of hydrogen-bond donors (Lipinski definition) is 1. The molecule has 0 unspecified atom stereocenters. The van der Waals surface area contributed by atoms with Crippen LogP contribution in [-0.2, 0) is 0 Å². The number of rotatable bonds is 9. The second kappa shape index (κ2) is 10.3. The van der Waals surface area contributed by atoms with E-state index in [-0.39, 0.29) is 18.1 Å². The van der Waals surface area contributed by atoms with Crippen LogP contribution in [0.25, 0.3) is 0 Å². The third-order valence-electron chi connectivity index (χ3n) is 6.72. The maximum Gasteiger partial charge on any atom is 0.255 e. The van der Waals surface area contributed by atoms with Crippen molar-refractivity contribution in [2.45, 2.75) is 45.3 Å². The molecular weight excluding hydrogens is 440 g/mol. The summed E-state index contributed by atoms with van der Waals surface area (Å²) in [7, 11) is 0. The van der Waals surface area contributed by atoms with Crippen LogP contribution in [0.5, 0.6) is 11.5 Å². The zero-order valence-electron chi connectivity index (χ0n) is 20.3. The van der Waals surface area contributed by atoms with Gasteiger partial charge < -0.3 is 19.7 Å². The van der Waals surface area contributed by atoms with Crippen LogP contribution in [0.2, 0.25) is 0 Å². The molecule has 182 valence electrons. The van der Waals surface area contributed by atoms with Gasteiger partial charge in [0.1, 0.15) is 23.9 Å². The molecule has 0 radical (unpaired) electrons. The van der Waals surface area contributed by atoms with Crippen molar-refractivity contribution in [2.24, 2.45) is 5.92 Å². The van der Waals surface area contributed by atoms with E-state index in [2.05, 4.69) is 44.5 Å². The average Bonchev–Trinajstić information content (AvgIpc) is 3.60. The lowest BCUT2D eigenvalue weighted by Gasteiger charge is -2.20. The topological polar surface area (TPSA) is 76.6 Å². The molecule has 0 bridgehead atoms. The summed E-state index contributed by atoms with van der Waals surface area (Å²) in [5.41, 5.74) is 3.37. The normalized spacial score (nSPS) is 18.2. The Kier molecular flexibility index (Phi) is 6.84. The molecule has 2 fully saturated rings. The van der Waals surface area contributed by atoms with Gasteiger partial charge in [-0.2, -0.15) is 0 Å². The predicted octanol–water partition coefficient (Wildman–Crippen LogP) is 4.72. The second-order valence-corrected chi connectivity index (χ2v) is 9.51. The fourth-order valence-corrected chi connectivity index (χ4v) is 4.31. The molecule has 2 heterocycles. The fourth-order valence-electron chi connectivity index (χ4n) is 4.31. The first-order valence-corrected chi connectivity index (χ1v) is 12.4. The van der Waals surface area contributed by atoms with Gasteiger partial charge in [-0.05, 0) is 74.6 Å². The van der Waals surface area contributed by atoms with Crippen LogP contribution in [-0.4, -0.2) is 41.7 Å². The Morgan fingerprint density at radius 3 is 2.54 bits per heavy atom. The van der Waals surface area contributed by atoms with Gasteiger partial charge in [0.25, 0.3) is 5.91 Å². The summed E-state index contributed by atoms with van der Waals surface area (Å²) in [5, 5.41) is 3.01. The van der Waals surface area contributed by atoms with Gasteiger partial charge in [0.2, 0.25) is 0 Å². The minimum absolute atomic E-state index is 0.143. The molecule has 1 saturated carbocycles. The van der Waals surface area contributed by atoms with Gasteiger partial charge in [-0.1, -0.05) is 12.1 Å². The Morgan fingerprint density at radius 2 is 1.83 bits per heavy atom. The van der Waals surface area contributed by atoms with Crippen LogP contribution in [0, 0.1) is 12.8 Å². The molecule has 2 aliphatic rings. The van der Waals surface area contributed by atoms with E-state index in [9.17, 15) is 4.79 Å². The lowest BCUT2D eigenvalue weighted by molar-refractivity contribution is 0.0938. The molecule has 7 nitrogen and oxygen atoms in total. The van der Waals surface area contributed by atoms with Crippen molar-refractivity contribution in [3.63, 3.8) is 0 Å². The van der Waals surface area contributed by atoms with Crippen molar-refractivity contribution in [1.29, 1.82) is 0 Å². The van der Waals surface area contributed by atoms with Gasteiger partial charge in [0.15, 0.2) is 0 Å². The van der Waals surface area contributed by atoms with E-state index >= 15 is 0 Å². The molecular formula is C28H32N4O3. The van der Waals surface area contributed by atoms with Crippen molar-refractivity contribution in [1.82, 2.24) is 15.3 Å². The van der Waals surface area contributed by atoms with Gasteiger partial charge in [-0.3, -0.25) is 4.79 Å². The van der Waals surface area contributed by atoms with Gasteiger partial charge in [0.05, 0.1) is 30.5 Å². The molecule has 2 atom stereocenters. The molecule has 1 aliphatic carbocycles. The fraction of sp³-hybridized carbons (Fsp3) is 0.393. The van der Waals surface area contributed by atoms with E-state index in [4.69, 9.17) is 9.47 Å². The third kappa shape index (κ3) is 5.91. The zero-order chi connectivity index (χ0) is 24.2. The highest BCUT2D eigenvalue weighted by atomic mass is 16.5. The third-order valence-corrected chi connectivity index (χ3v) is 6.72. The zero-order valence-corrected chi connectivity index (χ0v) is 20.3. The Balaban J connectivity index is 1.11. The molecule has 7 heteroatoms. The summed E-state index contributed by atoms with van der Waals surface area (Å²) >= 11 is 0. The first-order chi connectivity index (χ1) is 17.0. The largest absolute Gasteiger partial charge is 0.493 e. The molecule has 2 aromatic carbocycles. The maximum absolute atomic E-state index is 12.5. The van der Waals surface area contributed by atoms with Crippen molar-refractivity contribution >= 4 is 11.6 Å². The highest BCUT2D eigenvalue weighted by molar-refractivity contribution is 5.95. The van der Waals surface area contributed by atoms with Crippen LogP contribution in [0.1, 0.15) is 53.8 Å². The smallest absolute Gasteiger partial charge is 0.255 e. The van der Waals surface area contributed by atoms with E-state index in [0.717, 1.165) is 49.1 Å². The lowest BCUT2D eigenvalue weighted by Crippen LogP contribution is -2.27. The summed E-state index contributed by atoms with van der Waals surface area (Å²) in [6.45, 7) is 6.43. The molecule has 0 spiro atoms. The Bertz CT molecular complexity index is 1150. The van der Waals surface area contributed by atoms with Gasteiger partial charge in [0, 0.05) is 24.8 Å². The van der Waals surface area contributed by atoms with Crippen molar-refractivity contribution in [3.05, 3.63) is 77.9 Å². The summed E-state index contributed by atoms with van der Waals surface area (Å²) < 4.78 is 12.1. The molecule has 1 amide bonds. The number of anilines is 1. The van der Waals surface area contributed by atoms with E-state index in [1.165, 1.54) is 24.9 Å². The van der Waals surface area contributed by atoms with Crippen LogP contribution in [0.3, 0.4) is 0 Å². The van der Waals surface area contributed by atoms with Crippen LogP contribution < -0.4 is 19.7 Å². The van der Waals surface area contributed by atoms with Gasteiger partial charge >= 0.3 is 0 Å². The number of aryl methyl sites for hydroxylation is 1. The standard InChI is InChI=1S/C28H32N4O3/c1-19(31-28(33)27-15-29-18-30-20(27)2)22-5-9-25(10-6-22)35-26-13-14-32(16-26)23-7-11-24(12-8-23)34-17-21-3-4-21/h5-12,15,18-19,21,26H,3-4,13-14,16-17H2,1-2H3,(H,31,33)/t19-,26+/m0/s1. The number of nitrogens with one attached hydrogen (secondary N) is 1. The molecule has 3 aromatic rings. The van der Waals surface area contributed by atoms with E-state index < -0.39 is 0 Å². The Labute approximate surface area is 206 Å². The molecule has 5 rings (SSSR count). The van der Waals surface area contributed by atoms with Crippen LogP contribution in [0.15, 0.2) is 61.1 Å². The number of carbonyl (C=O) groups is 1. The molecule has 1 N–H and O–H groups in total. The molecule has 1 aromatic heterocycles. The first-order valence-electron chi connectivity index (χ1n) is 12.4. The SMILES string of the molecule is Cc1ncncc1C(=O)N[C@@H](C)c1ccc(O[C@@H]2CCN(c3ccc(OCC4CC4)cc3)C2)cc1. The van der Waals surface area contributed by atoms with E-state index in [0.29, 0.717) is 11.3 Å². The van der Waals surface area contributed by atoms with Crippen molar-refractivity contribution < 1.29 is 14.3 Å². The molecule has 1 saturated heterocycles. The number of nitrogens with zero attached hydrogens (tertiary/aromatic N) is 3. The van der Waals surface area contributed by atoms with Gasteiger partial charge in [-0.15, -0.1) is 0 Å². The number of amides is 1. The highest BCUT2D eigenvalue weighted by Crippen LogP contribution is 2.30. The summed E-state index contributed by atoms with van der Waals surface area (Å²) in [4.78, 5) is 22.9. The van der Waals surface area contributed by atoms with Crippen molar-refractivity contribution in [3.8, 4) is 11.5 Å². The summed E-state index contributed by atoms with van der Waals surface area (Å²) in [6.07, 6.45) is 6.71. The average molecular weight is 473 g/mol. The number of ether oxygens (including phenoxy) is 2. The summed E-state index contributed by atoms with van der Waals surface area (Å²) in [5.74, 6) is 2.38. The lowest BCUT2D eigenvalue weighted by atomic mass is 10.1. The van der Waals surface area contributed by atoms with E-state index in [1.54, 1.807) is 13.1 Å². The van der Waals surface area contributed by atoms with E-state index in [1.807, 2.05) is 31.2 Å². The quantitative estimate of drug-likeness (QED) is 0.486. The Hall–Kier alpha value is -3.61. The molecule has 35 heavy (non-hydrogen) atoms. The number of carbonyl (C=O) groups excluding carboxylic acids is 1. The van der Waals surface area contributed by atoms with Crippen LogP contribution >= 0.6 is 0 Å². The first kappa shape index (κ1) is 23.1. The number of hydrogen-bond acceptors (Lipinski definition) is 6. The van der Waals surface area contributed by atoms with Crippen molar-refractivity contribution in [2.75, 3.05) is 24.6 Å². The monoisotopic (exact) mass is 472 g/mol.